The largest absolute Gasteiger partial charge is 0.377 e. The van der Waals surface area contributed by atoms with Gasteiger partial charge in [0.1, 0.15) is 5.69 Å². The number of carbonyl (C=O) groups is 1. The SMILES string of the molecule is Cc1nc(C(=O)N2CCOCC2CN(C)C)cs1. The quantitative estimate of drug-likeness (QED) is 0.816. The first-order valence-corrected chi connectivity index (χ1v) is 6.91. The van der Waals surface area contributed by atoms with Crippen LogP contribution in [0.3, 0.4) is 0 Å². The molecule has 2 rings (SSSR count). The summed E-state index contributed by atoms with van der Waals surface area (Å²) in [4.78, 5) is 20.6. The van der Waals surface area contributed by atoms with Gasteiger partial charge in [-0.15, -0.1) is 11.3 Å². The number of likely N-dealkylation sites (N-methyl/N-ethyl adjacent to an activating group) is 1. The summed E-state index contributed by atoms with van der Waals surface area (Å²) >= 11 is 1.51. The molecule has 0 radical (unpaired) electrons. The molecule has 1 aliphatic rings. The average molecular weight is 269 g/mol. The van der Waals surface area contributed by atoms with E-state index in [1.54, 1.807) is 0 Å². The van der Waals surface area contributed by atoms with E-state index < -0.39 is 0 Å². The molecule has 1 fully saturated rings. The molecule has 1 aromatic rings. The van der Waals surface area contributed by atoms with Crippen molar-refractivity contribution >= 4 is 17.2 Å². The van der Waals surface area contributed by atoms with Crippen molar-refractivity contribution in [3.63, 3.8) is 0 Å². The third kappa shape index (κ3) is 3.07. The number of aromatic nitrogens is 1. The van der Waals surface area contributed by atoms with Gasteiger partial charge in [0.2, 0.25) is 0 Å². The van der Waals surface area contributed by atoms with E-state index >= 15 is 0 Å². The maximum atomic E-state index is 12.4. The Morgan fingerprint density at radius 3 is 3.06 bits per heavy atom. The normalized spacial score (nSPS) is 20.4. The third-order valence-corrected chi connectivity index (χ3v) is 3.68. The number of nitrogens with zero attached hydrogens (tertiary/aromatic N) is 3. The third-order valence-electron chi connectivity index (χ3n) is 2.90. The fourth-order valence-corrected chi connectivity index (χ4v) is 2.69. The van der Waals surface area contributed by atoms with E-state index in [4.69, 9.17) is 4.74 Å². The van der Waals surface area contributed by atoms with Gasteiger partial charge in [-0.05, 0) is 21.0 Å². The predicted octanol–water partition coefficient (Wildman–Crippen LogP) is 0.854. The number of thiazole rings is 1. The Hall–Kier alpha value is -0.980. The van der Waals surface area contributed by atoms with Crippen LogP contribution in [0.1, 0.15) is 15.5 Å². The smallest absolute Gasteiger partial charge is 0.273 e. The fourth-order valence-electron chi connectivity index (χ4n) is 2.10. The van der Waals surface area contributed by atoms with E-state index in [1.165, 1.54) is 11.3 Å². The zero-order valence-electron chi connectivity index (χ0n) is 11.0. The van der Waals surface area contributed by atoms with E-state index in [9.17, 15) is 4.79 Å². The maximum Gasteiger partial charge on any atom is 0.273 e. The second-order valence-corrected chi connectivity index (χ2v) is 5.80. The first kappa shape index (κ1) is 13.5. The molecule has 2 heterocycles. The number of amides is 1. The van der Waals surface area contributed by atoms with Crippen molar-refractivity contribution in [3.05, 3.63) is 16.1 Å². The lowest BCUT2D eigenvalue weighted by Gasteiger charge is -2.36. The zero-order chi connectivity index (χ0) is 13.1. The van der Waals surface area contributed by atoms with Crippen molar-refractivity contribution < 1.29 is 9.53 Å². The fraction of sp³-hybridized carbons (Fsp3) is 0.667. The highest BCUT2D eigenvalue weighted by molar-refractivity contribution is 7.09. The van der Waals surface area contributed by atoms with Crippen LogP contribution in [-0.2, 0) is 4.74 Å². The first-order valence-electron chi connectivity index (χ1n) is 6.03. The van der Waals surface area contributed by atoms with E-state index in [0.717, 1.165) is 11.6 Å². The molecule has 0 aliphatic carbocycles. The Balaban J connectivity index is 2.10. The van der Waals surface area contributed by atoms with Crippen molar-refractivity contribution in [1.82, 2.24) is 14.8 Å². The van der Waals surface area contributed by atoms with Crippen LogP contribution in [0.2, 0.25) is 0 Å². The van der Waals surface area contributed by atoms with Crippen LogP contribution in [0.4, 0.5) is 0 Å². The molecule has 0 aromatic carbocycles. The lowest BCUT2D eigenvalue weighted by atomic mass is 10.2. The minimum absolute atomic E-state index is 0.0227. The van der Waals surface area contributed by atoms with E-state index in [0.29, 0.717) is 25.5 Å². The molecular formula is C12H19N3O2S. The average Bonchev–Trinajstić information content (AvgIpc) is 2.75. The van der Waals surface area contributed by atoms with Gasteiger partial charge in [-0.1, -0.05) is 0 Å². The number of hydrogen-bond acceptors (Lipinski definition) is 5. The molecule has 6 heteroatoms. The lowest BCUT2D eigenvalue weighted by molar-refractivity contribution is -0.00856. The Labute approximate surface area is 111 Å². The highest BCUT2D eigenvalue weighted by Gasteiger charge is 2.29. The summed E-state index contributed by atoms with van der Waals surface area (Å²) < 4.78 is 5.47. The van der Waals surface area contributed by atoms with Crippen molar-refractivity contribution in [2.24, 2.45) is 0 Å². The molecule has 0 saturated carbocycles. The van der Waals surface area contributed by atoms with Crippen LogP contribution in [0.25, 0.3) is 0 Å². The first-order chi connectivity index (χ1) is 8.58. The number of rotatable bonds is 3. The second-order valence-electron chi connectivity index (χ2n) is 4.74. The number of aryl methyl sites for hydroxylation is 1. The van der Waals surface area contributed by atoms with Crippen molar-refractivity contribution in [3.8, 4) is 0 Å². The zero-order valence-corrected chi connectivity index (χ0v) is 11.9. The molecule has 5 nitrogen and oxygen atoms in total. The van der Waals surface area contributed by atoms with E-state index in [1.807, 2.05) is 31.3 Å². The summed E-state index contributed by atoms with van der Waals surface area (Å²) in [6.07, 6.45) is 0. The lowest BCUT2D eigenvalue weighted by Crippen LogP contribution is -2.52. The van der Waals surface area contributed by atoms with Crippen molar-refractivity contribution in [1.29, 1.82) is 0 Å². The van der Waals surface area contributed by atoms with Crippen LogP contribution >= 0.6 is 11.3 Å². The van der Waals surface area contributed by atoms with Gasteiger partial charge >= 0.3 is 0 Å². The highest BCUT2D eigenvalue weighted by Crippen LogP contribution is 2.15. The number of hydrogen-bond donors (Lipinski definition) is 0. The molecule has 1 aromatic heterocycles. The Morgan fingerprint density at radius 1 is 1.67 bits per heavy atom. The van der Waals surface area contributed by atoms with Gasteiger partial charge in [-0.2, -0.15) is 0 Å². The van der Waals surface area contributed by atoms with Crippen LogP contribution in [0.5, 0.6) is 0 Å². The molecule has 100 valence electrons. The van der Waals surface area contributed by atoms with E-state index in [2.05, 4.69) is 9.88 Å². The summed E-state index contributed by atoms with van der Waals surface area (Å²) in [5.74, 6) is 0.0227. The Morgan fingerprint density at radius 2 is 2.44 bits per heavy atom. The van der Waals surface area contributed by atoms with E-state index in [-0.39, 0.29) is 11.9 Å². The topological polar surface area (TPSA) is 45.7 Å². The number of carbonyl (C=O) groups excluding carboxylic acids is 1. The Kier molecular flexibility index (Phi) is 4.31. The monoisotopic (exact) mass is 269 g/mol. The number of morpholine rings is 1. The van der Waals surface area contributed by atoms with Gasteiger partial charge in [0.05, 0.1) is 24.3 Å². The van der Waals surface area contributed by atoms with Gasteiger partial charge < -0.3 is 14.5 Å². The predicted molar refractivity (Wildman–Crippen MR) is 71.0 cm³/mol. The summed E-state index contributed by atoms with van der Waals surface area (Å²) in [6, 6.07) is 0.114. The Bertz CT molecular complexity index is 419. The van der Waals surface area contributed by atoms with Gasteiger partial charge in [0.15, 0.2) is 0 Å². The van der Waals surface area contributed by atoms with Gasteiger partial charge in [0, 0.05) is 18.5 Å². The van der Waals surface area contributed by atoms with Crippen LogP contribution in [0, 0.1) is 6.92 Å². The summed E-state index contributed by atoms with van der Waals surface area (Å²) in [7, 11) is 4.01. The molecule has 0 N–H and O–H groups in total. The van der Waals surface area contributed by atoms with Gasteiger partial charge in [0.25, 0.3) is 5.91 Å². The van der Waals surface area contributed by atoms with Crippen LogP contribution in [-0.4, -0.2) is 67.1 Å². The van der Waals surface area contributed by atoms with Gasteiger partial charge in [-0.25, -0.2) is 4.98 Å². The molecule has 1 aliphatic heterocycles. The molecule has 1 amide bonds. The van der Waals surface area contributed by atoms with Gasteiger partial charge in [-0.3, -0.25) is 4.79 Å². The minimum atomic E-state index is 0.0227. The number of ether oxygens (including phenoxy) is 1. The molecule has 1 unspecified atom stereocenters. The molecule has 0 spiro atoms. The molecule has 1 atom stereocenters. The second kappa shape index (κ2) is 5.77. The summed E-state index contributed by atoms with van der Waals surface area (Å²) in [5, 5.41) is 2.76. The summed E-state index contributed by atoms with van der Waals surface area (Å²) in [5.41, 5.74) is 0.558. The van der Waals surface area contributed by atoms with Crippen LogP contribution < -0.4 is 0 Å². The van der Waals surface area contributed by atoms with Crippen LogP contribution in [0.15, 0.2) is 5.38 Å². The molecule has 18 heavy (non-hydrogen) atoms. The maximum absolute atomic E-state index is 12.4. The molecule has 1 saturated heterocycles. The highest BCUT2D eigenvalue weighted by atomic mass is 32.1. The summed E-state index contributed by atoms with van der Waals surface area (Å²) in [6.45, 7) is 4.59. The molecular weight excluding hydrogens is 250 g/mol. The minimum Gasteiger partial charge on any atom is -0.377 e. The van der Waals surface area contributed by atoms with Crippen molar-refractivity contribution in [2.45, 2.75) is 13.0 Å². The standard InChI is InChI=1S/C12H19N3O2S/c1-9-13-11(8-18-9)12(16)15-4-5-17-7-10(15)6-14(2)3/h8,10H,4-7H2,1-3H3. The molecule has 0 bridgehead atoms. The van der Waals surface area contributed by atoms with Crippen molar-refractivity contribution in [2.75, 3.05) is 40.4 Å².